The SMILES string of the molecule is Cc1nc(-c2ccc(F)cc2)c(CC(=O)Nc2ccc(S(=O)(=O)N3CCCCCC3)cc2)s1. The summed E-state index contributed by atoms with van der Waals surface area (Å²) in [6.45, 7) is 2.96. The number of hydrogen-bond donors (Lipinski definition) is 1. The number of thiazole rings is 1. The molecular weight excluding hydrogens is 461 g/mol. The van der Waals surface area contributed by atoms with Crippen LogP contribution in [0.15, 0.2) is 53.4 Å². The van der Waals surface area contributed by atoms with Crippen LogP contribution in [0.2, 0.25) is 0 Å². The number of benzene rings is 2. The highest BCUT2D eigenvalue weighted by atomic mass is 32.2. The number of hydrogen-bond acceptors (Lipinski definition) is 5. The summed E-state index contributed by atoms with van der Waals surface area (Å²) in [4.78, 5) is 18.2. The molecule has 4 rings (SSSR count). The Morgan fingerprint density at radius 3 is 2.30 bits per heavy atom. The third kappa shape index (κ3) is 5.66. The Morgan fingerprint density at radius 2 is 1.67 bits per heavy atom. The van der Waals surface area contributed by atoms with Gasteiger partial charge in [0.25, 0.3) is 0 Å². The average Bonchev–Trinajstić information content (AvgIpc) is 2.98. The summed E-state index contributed by atoms with van der Waals surface area (Å²) < 4.78 is 40.7. The minimum Gasteiger partial charge on any atom is -0.326 e. The van der Waals surface area contributed by atoms with E-state index in [-0.39, 0.29) is 23.0 Å². The first-order chi connectivity index (χ1) is 15.8. The van der Waals surface area contributed by atoms with Crippen molar-refractivity contribution in [3.63, 3.8) is 0 Å². The Labute approximate surface area is 197 Å². The van der Waals surface area contributed by atoms with Gasteiger partial charge in [-0.1, -0.05) is 12.8 Å². The molecule has 0 aliphatic carbocycles. The number of rotatable bonds is 6. The van der Waals surface area contributed by atoms with Crippen molar-refractivity contribution in [2.75, 3.05) is 18.4 Å². The molecule has 1 aliphatic heterocycles. The summed E-state index contributed by atoms with van der Waals surface area (Å²) in [5.74, 6) is -0.559. The fourth-order valence-corrected chi connectivity index (χ4v) is 6.39. The summed E-state index contributed by atoms with van der Waals surface area (Å²) in [6.07, 6.45) is 3.99. The topological polar surface area (TPSA) is 79.4 Å². The third-order valence-corrected chi connectivity index (χ3v) is 8.47. The number of halogens is 1. The molecule has 1 fully saturated rings. The molecule has 0 spiro atoms. The zero-order valence-corrected chi connectivity index (χ0v) is 20.0. The average molecular weight is 488 g/mol. The lowest BCUT2D eigenvalue weighted by molar-refractivity contribution is -0.115. The van der Waals surface area contributed by atoms with Crippen molar-refractivity contribution in [3.8, 4) is 11.3 Å². The Morgan fingerprint density at radius 1 is 1.03 bits per heavy atom. The van der Waals surface area contributed by atoms with E-state index < -0.39 is 10.0 Å². The molecule has 6 nitrogen and oxygen atoms in total. The molecular formula is C24H26FN3O3S2. The van der Waals surface area contributed by atoms with Crippen molar-refractivity contribution in [3.05, 3.63) is 64.2 Å². The van der Waals surface area contributed by atoms with Crippen LogP contribution in [0, 0.1) is 12.7 Å². The molecule has 1 aromatic heterocycles. The minimum absolute atomic E-state index is 0.117. The van der Waals surface area contributed by atoms with Gasteiger partial charge in [0.05, 0.1) is 22.0 Å². The van der Waals surface area contributed by atoms with Gasteiger partial charge in [0.15, 0.2) is 0 Å². The van der Waals surface area contributed by atoms with Crippen LogP contribution >= 0.6 is 11.3 Å². The first-order valence-electron chi connectivity index (χ1n) is 11.0. The van der Waals surface area contributed by atoms with E-state index in [2.05, 4.69) is 10.3 Å². The van der Waals surface area contributed by atoms with E-state index in [1.165, 1.54) is 35.6 Å². The van der Waals surface area contributed by atoms with Gasteiger partial charge in [0.1, 0.15) is 5.82 Å². The van der Waals surface area contributed by atoms with Crippen LogP contribution in [0.25, 0.3) is 11.3 Å². The maximum Gasteiger partial charge on any atom is 0.243 e. The predicted molar refractivity (Wildman–Crippen MR) is 128 cm³/mol. The van der Waals surface area contributed by atoms with E-state index in [0.717, 1.165) is 41.1 Å². The Kier molecular flexibility index (Phi) is 7.21. The second-order valence-corrected chi connectivity index (χ2v) is 11.3. The highest BCUT2D eigenvalue weighted by Crippen LogP contribution is 2.29. The van der Waals surface area contributed by atoms with Crippen LogP contribution in [0.4, 0.5) is 10.1 Å². The summed E-state index contributed by atoms with van der Waals surface area (Å²) in [7, 11) is -3.53. The fourth-order valence-electron chi connectivity index (χ4n) is 3.91. The van der Waals surface area contributed by atoms with Gasteiger partial charge in [0.2, 0.25) is 15.9 Å². The van der Waals surface area contributed by atoms with E-state index in [1.807, 2.05) is 6.92 Å². The number of sulfonamides is 1. The molecule has 0 saturated carbocycles. The van der Waals surface area contributed by atoms with Crippen molar-refractivity contribution in [1.29, 1.82) is 0 Å². The smallest absolute Gasteiger partial charge is 0.243 e. The Balaban J connectivity index is 1.44. The molecule has 0 unspecified atom stereocenters. The zero-order chi connectivity index (χ0) is 23.4. The van der Waals surface area contributed by atoms with Gasteiger partial charge < -0.3 is 5.32 Å². The highest BCUT2D eigenvalue weighted by Gasteiger charge is 2.25. The molecule has 0 bridgehead atoms. The molecule has 33 heavy (non-hydrogen) atoms. The van der Waals surface area contributed by atoms with Gasteiger partial charge in [-0.2, -0.15) is 4.31 Å². The van der Waals surface area contributed by atoms with Crippen molar-refractivity contribution in [2.45, 2.75) is 43.9 Å². The van der Waals surface area contributed by atoms with E-state index >= 15 is 0 Å². The van der Waals surface area contributed by atoms with Gasteiger partial charge in [0, 0.05) is 29.2 Å². The van der Waals surface area contributed by atoms with Crippen LogP contribution < -0.4 is 5.32 Å². The summed E-state index contributed by atoms with van der Waals surface area (Å²) in [6, 6.07) is 12.3. The summed E-state index contributed by atoms with van der Waals surface area (Å²) in [5, 5.41) is 3.65. The molecule has 9 heteroatoms. The van der Waals surface area contributed by atoms with Crippen molar-refractivity contribution >= 4 is 33.0 Å². The molecule has 174 valence electrons. The highest BCUT2D eigenvalue weighted by molar-refractivity contribution is 7.89. The number of amides is 1. The van der Waals surface area contributed by atoms with E-state index in [4.69, 9.17) is 0 Å². The second kappa shape index (κ2) is 10.1. The quantitative estimate of drug-likeness (QED) is 0.531. The van der Waals surface area contributed by atoms with Crippen LogP contribution in [-0.4, -0.2) is 36.7 Å². The van der Waals surface area contributed by atoms with Gasteiger partial charge in [-0.25, -0.2) is 17.8 Å². The van der Waals surface area contributed by atoms with E-state index in [1.54, 1.807) is 28.6 Å². The minimum atomic E-state index is -3.53. The number of carbonyl (C=O) groups is 1. The first kappa shape index (κ1) is 23.5. The van der Waals surface area contributed by atoms with Crippen LogP contribution in [0.5, 0.6) is 0 Å². The van der Waals surface area contributed by atoms with Crippen LogP contribution in [0.3, 0.4) is 0 Å². The van der Waals surface area contributed by atoms with Crippen LogP contribution in [0.1, 0.15) is 35.6 Å². The molecule has 2 aromatic carbocycles. The zero-order valence-electron chi connectivity index (χ0n) is 18.4. The molecule has 1 aliphatic rings. The molecule has 2 heterocycles. The number of carbonyl (C=O) groups excluding carboxylic acids is 1. The lowest BCUT2D eigenvalue weighted by atomic mass is 10.1. The van der Waals surface area contributed by atoms with Gasteiger partial charge >= 0.3 is 0 Å². The Bertz CT molecular complexity index is 1210. The first-order valence-corrected chi connectivity index (χ1v) is 13.2. The second-order valence-electron chi connectivity index (χ2n) is 8.08. The number of aromatic nitrogens is 1. The molecule has 1 amide bonds. The van der Waals surface area contributed by atoms with E-state index in [9.17, 15) is 17.6 Å². The Hall–Kier alpha value is -2.62. The maximum atomic E-state index is 13.3. The normalized spacial score (nSPS) is 15.2. The molecule has 0 radical (unpaired) electrons. The van der Waals surface area contributed by atoms with E-state index in [0.29, 0.717) is 24.5 Å². The lowest BCUT2D eigenvalue weighted by Crippen LogP contribution is -2.31. The summed E-state index contributed by atoms with van der Waals surface area (Å²) >= 11 is 1.43. The standard InChI is InChI=1S/C24H26FN3O3S2/c1-17-26-24(18-6-8-19(25)9-7-18)22(32-17)16-23(29)27-20-10-12-21(13-11-20)33(30,31)28-14-4-2-3-5-15-28/h6-13H,2-5,14-16H2,1H3,(H,27,29). The molecule has 1 saturated heterocycles. The van der Waals surface area contributed by atoms with Gasteiger partial charge in [-0.3, -0.25) is 4.79 Å². The molecule has 3 aromatic rings. The van der Waals surface area contributed by atoms with Gasteiger partial charge in [-0.05, 0) is 68.3 Å². The summed E-state index contributed by atoms with van der Waals surface area (Å²) in [5.41, 5.74) is 1.96. The van der Waals surface area contributed by atoms with Crippen molar-refractivity contribution < 1.29 is 17.6 Å². The predicted octanol–water partition coefficient (Wildman–Crippen LogP) is 5.00. The largest absolute Gasteiger partial charge is 0.326 e. The number of anilines is 1. The van der Waals surface area contributed by atoms with Crippen molar-refractivity contribution in [1.82, 2.24) is 9.29 Å². The fraction of sp³-hybridized carbons (Fsp3) is 0.333. The molecule has 0 atom stereocenters. The molecule has 1 N–H and O–H groups in total. The number of aryl methyl sites for hydroxylation is 1. The van der Waals surface area contributed by atoms with Crippen LogP contribution in [-0.2, 0) is 21.2 Å². The number of nitrogens with zero attached hydrogens (tertiary/aromatic N) is 2. The third-order valence-electron chi connectivity index (χ3n) is 5.58. The van der Waals surface area contributed by atoms with Crippen molar-refractivity contribution in [2.24, 2.45) is 0 Å². The van der Waals surface area contributed by atoms with Gasteiger partial charge in [-0.15, -0.1) is 11.3 Å². The maximum absolute atomic E-state index is 13.3. The lowest BCUT2D eigenvalue weighted by Gasteiger charge is -2.20. The number of nitrogens with one attached hydrogen (secondary N) is 1. The monoisotopic (exact) mass is 487 g/mol.